The maximum absolute atomic E-state index is 12.3. The van der Waals surface area contributed by atoms with Gasteiger partial charge in [-0.2, -0.15) is 0 Å². The summed E-state index contributed by atoms with van der Waals surface area (Å²) in [7, 11) is -0.322. The third kappa shape index (κ3) is 6.45. The topological polar surface area (TPSA) is 44.8 Å². The number of esters is 1. The van der Waals surface area contributed by atoms with Crippen LogP contribution in [0.1, 0.15) is 95.9 Å². The largest absolute Gasteiger partial charge is 0.465 e. The lowest BCUT2D eigenvalue weighted by Crippen LogP contribution is -2.41. The number of ether oxygens (including phenoxy) is 1. The average Bonchev–Trinajstić information content (AvgIpc) is 2.86. The third-order valence-corrected chi connectivity index (χ3v) is 6.04. The van der Waals surface area contributed by atoms with Crippen LogP contribution < -0.4 is 0 Å². The lowest BCUT2D eigenvalue weighted by molar-refractivity contribution is 0.00578. The fourth-order valence-electron chi connectivity index (χ4n) is 3.59. The molecule has 166 valence electrons. The zero-order valence-electron chi connectivity index (χ0n) is 19.9. The van der Waals surface area contributed by atoms with Gasteiger partial charge in [0.2, 0.25) is 0 Å². The van der Waals surface area contributed by atoms with Crippen LogP contribution in [0.3, 0.4) is 0 Å². The van der Waals surface area contributed by atoms with Crippen molar-refractivity contribution in [1.29, 1.82) is 0 Å². The van der Waals surface area contributed by atoms with Crippen molar-refractivity contribution in [3.8, 4) is 0 Å². The first-order valence-corrected chi connectivity index (χ1v) is 11.1. The summed E-state index contributed by atoms with van der Waals surface area (Å²) >= 11 is 0. The first kappa shape index (κ1) is 24.7. The summed E-state index contributed by atoms with van der Waals surface area (Å²) in [4.78, 5) is 12.3. The second-order valence-electron chi connectivity index (χ2n) is 10.5. The van der Waals surface area contributed by atoms with Crippen molar-refractivity contribution < 1.29 is 18.8 Å². The summed E-state index contributed by atoms with van der Waals surface area (Å²) in [5.74, 6) is -0.196. The van der Waals surface area contributed by atoms with E-state index in [1.807, 2.05) is 30.3 Å². The van der Waals surface area contributed by atoms with Crippen molar-refractivity contribution >= 4 is 13.1 Å². The van der Waals surface area contributed by atoms with Crippen molar-refractivity contribution in [2.45, 2.75) is 91.2 Å². The SMILES string of the molecule is C=CCCCCOC(=O)c1ccc(C(CC(C)(C)C)B2OC(C)(C)C(C)(C)O2)cc1. The Morgan fingerprint density at radius 1 is 1.10 bits per heavy atom. The molecule has 1 atom stereocenters. The van der Waals surface area contributed by atoms with Gasteiger partial charge in [-0.25, -0.2) is 4.79 Å². The van der Waals surface area contributed by atoms with Crippen LogP contribution in [0.25, 0.3) is 0 Å². The minimum atomic E-state index is -0.372. The van der Waals surface area contributed by atoms with Crippen molar-refractivity contribution in [3.05, 3.63) is 48.0 Å². The molecule has 0 aliphatic carbocycles. The van der Waals surface area contributed by atoms with Crippen LogP contribution >= 0.6 is 0 Å². The second kappa shape index (κ2) is 9.70. The van der Waals surface area contributed by atoms with E-state index in [1.165, 1.54) is 0 Å². The Kier molecular flexibility index (Phi) is 7.98. The van der Waals surface area contributed by atoms with Gasteiger partial charge in [-0.1, -0.05) is 39.0 Å². The molecule has 1 aromatic rings. The lowest BCUT2D eigenvalue weighted by atomic mass is 9.62. The second-order valence-corrected chi connectivity index (χ2v) is 10.5. The minimum absolute atomic E-state index is 0.0787. The highest BCUT2D eigenvalue weighted by Gasteiger charge is 2.54. The van der Waals surface area contributed by atoms with Gasteiger partial charge in [-0.3, -0.25) is 0 Å². The maximum atomic E-state index is 12.3. The Labute approximate surface area is 183 Å². The van der Waals surface area contributed by atoms with E-state index in [1.54, 1.807) is 0 Å². The van der Waals surface area contributed by atoms with Gasteiger partial charge in [-0.15, -0.1) is 6.58 Å². The molecule has 1 saturated heterocycles. The van der Waals surface area contributed by atoms with E-state index < -0.39 is 0 Å². The monoisotopic (exact) mass is 414 g/mol. The minimum Gasteiger partial charge on any atom is -0.462 e. The molecule has 0 spiro atoms. The van der Waals surface area contributed by atoms with Crippen molar-refractivity contribution in [3.63, 3.8) is 0 Å². The molecule has 4 nitrogen and oxygen atoms in total. The summed E-state index contributed by atoms with van der Waals surface area (Å²) in [6, 6.07) is 7.72. The molecular weight excluding hydrogens is 375 g/mol. The maximum Gasteiger partial charge on any atom is 0.465 e. The molecule has 0 N–H and O–H groups in total. The number of unbranched alkanes of at least 4 members (excludes halogenated alkanes) is 2. The summed E-state index contributed by atoms with van der Waals surface area (Å²) in [6.45, 7) is 19.1. The molecule has 30 heavy (non-hydrogen) atoms. The van der Waals surface area contributed by atoms with E-state index in [-0.39, 0.29) is 35.5 Å². The molecule has 0 aromatic heterocycles. The lowest BCUT2D eigenvalue weighted by Gasteiger charge is -2.32. The van der Waals surface area contributed by atoms with Gasteiger partial charge in [0.25, 0.3) is 0 Å². The summed E-state index contributed by atoms with van der Waals surface area (Å²) in [6.07, 6.45) is 5.58. The van der Waals surface area contributed by atoms with Crippen LogP contribution in [0.5, 0.6) is 0 Å². The van der Waals surface area contributed by atoms with Crippen molar-refractivity contribution in [2.75, 3.05) is 6.61 Å². The van der Waals surface area contributed by atoms with Gasteiger partial charge in [0.1, 0.15) is 0 Å². The van der Waals surface area contributed by atoms with Crippen molar-refractivity contribution in [2.24, 2.45) is 5.41 Å². The number of carbonyl (C=O) groups excluding carboxylic acids is 1. The number of hydrogen-bond donors (Lipinski definition) is 0. The van der Waals surface area contributed by atoms with E-state index in [0.29, 0.717) is 12.2 Å². The standard InChI is InChI=1S/C25H39BO4/c1-9-10-11-12-17-28-22(27)20-15-13-19(14-16-20)21(18-23(2,3)4)26-29-24(5,6)25(7,8)30-26/h9,13-16,21H,1,10-12,17-18H2,2-8H3. The van der Waals surface area contributed by atoms with Gasteiger partial charge in [0, 0.05) is 5.82 Å². The predicted octanol–water partition coefficient (Wildman–Crippen LogP) is 6.35. The Hall–Kier alpha value is -1.59. The smallest absolute Gasteiger partial charge is 0.462 e. The molecule has 1 heterocycles. The van der Waals surface area contributed by atoms with Gasteiger partial charge in [0.15, 0.2) is 0 Å². The quantitative estimate of drug-likeness (QED) is 0.204. The number of hydrogen-bond acceptors (Lipinski definition) is 4. The highest BCUT2D eigenvalue weighted by atomic mass is 16.7. The Bertz CT molecular complexity index is 700. The van der Waals surface area contributed by atoms with Crippen LogP contribution in [0.15, 0.2) is 36.9 Å². The first-order valence-electron chi connectivity index (χ1n) is 11.1. The van der Waals surface area contributed by atoms with E-state index in [9.17, 15) is 4.79 Å². The molecule has 1 aliphatic rings. The summed E-state index contributed by atoms with van der Waals surface area (Å²) in [5, 5.41) is 0. The number of allylic oxidation sites excluding steroid dienone is 1. The molecule has 0 radical (unpaired) electrons. The Balaban J connectivity index is 2.12. The van der Waals surface area contributed by atoms with Gasteiger partial charge in [-0.05, 0) is 76.5 Å². The molecule has 0 amide bonds. The number of rotatable bonds is 9. The molecule has 1 fully saturated rings. The highest BCUT2D eigenvalue weighted by Crippen LogP contribution is 2.44. The predicted molar refractivity (Wildman–Crippen MR) is 124 cm³/mol. The van der Waals surface area contributed by atoms with Crippen LogP contribution in [-0.4, -0.2) is 30.9 Å². The molecule has 1 aromatic carbocycles. The molecular formula is C25H39BO4. The zero-order valence-corrected chi connectivity index (χ0v) is 19.9. The van der Waals surface area contributed by atoms with Gasteiger partial charge in [0.05, 0.1) is 23.4 Å². The van der Waals surface area contributed by atoms with E-state index in [2.05, 4.69) is 55.0 Å². The first-order chi connectivity index (χ1) is 13.9. The molecule has 0 saturated carbocycles. The van der Waals surface area contributed by atoms with E-state index >= 15 is 0 Å². The van der Waals surface area contributed by atoms with Gasteiger partial charge >= 0.3 is 13.1 Å². The van der Waals surface area contributed by atoms with Crippen LogP contribution in [0.4, 0.5) is 0 Å². The number of carbonyl (C=O) groups is 1. The molecule has 0 bridgehead atoms. The fourth-order valence-corrected chi connectivity index (χ4v) is 3.59. The third-order valence-electron chi connectivity index (χ3n) is 6.04. The van der Waals surface area contributed by atoms with Crippen molar-refractivity contribution in [1.82, 2.24) is 0 Å². The van der Waals surface area contributed by atoms with Crippen LogP contribution in [0, 0.1) is 5.41 Å². The summed E-state index contributed by atoms with van der Waals surface area (Å²) in [5.41, 5.74) is 1.06. The number of benzene rings is 1. The zero-order chi connectivity index (χ0) is 22.6. The highest BCUT2D eigenvalue weighted by molar-refractivity contribution is 6.47. The molecule has 5 heteroatoms. The van der Waals surface area contributed by atoms with Crippen LogP contribution in [-0.2, 0) is 14.0 Å². The Morgan fingerprint density at radius 3 is 2.17 bits per heavy atom. The van der Waals surface area contributed by atoms with E-state index in [4.69, 9.17) is 14.0 Å². The normalized spacial score (nSPS) is 18.8. The molecule has 1 aliphatic heterocycles. The molecule has 2 rings (SSSR count). The van der Waals surface area contributed by atoms with Crippen LogP contribution in [0.2, 0.25) is 0 Å². The molecule has 1 unspecified atom stereocenters. The summed E-state index contributed by atoms with van der Waals surface area (Å²) < 4.78 is 18.1. The average molecular weight is 414 g/mol. The fraction of sp³-hybridized carbons (Fsp3) is 0.640. The Morgan fingerprint density at radius 2 is 1.67 bits per heavy atom. The van der Waals surface area contributed by atoms with Gasteiger partial charge < -0.3 is 14.0 Å². The van der Waals surface area contributed by atoms with E-state index in [0.717, 1.165) is 31.2 Å².